The third-order valence-corrected chi connectivity index (χ3v) is 3.49. The van der Waals surface area contributed by atoms with Crippen molar-refractivity contribution in [3.05, 3.63) is 12.7 Å². The standard InChI is InChI=1S/C17H34O2/c1-3-5-6-7-8-9-10-11-12-13-14-15-16-19-17(18)4-2/h4,17-18H,2-3,5-16H2,1H3. The van der Waals surface area contributed by atoms with Crippen LogP contribution in [0, 0.1) is 0 Å². The van der Waals surface area contributed by atoms with Crippen LogP contribution < -0.4 is 0 Å². The lowest BCUT2D eigenvalue weighted by molar-refractivity contribution is -0.0648. The van der Waals surface area contributed by atoms with E-state index in [9.17, 15) is 0 Å². The molecule has 114 valence electrons. The van der Waals surface area contributed by atoms with Gasteiger partial charge >= 0.3 is 0 Å². The number of unbranched alkanes of at least 4 members (excludes halogenated alkanes) is 11. The summed E-state index contributed by atoms with van der Waals surface area (Å²) in [5, 5.41) is 9.09. The van der Waals surface area contributed by atoms with Crippen LogP contribution >= 0.6 is 0 Å². The average molecular weight is 270 g/mol. The molecule has 0 aromatic carbocycles. The van der Waals surface area contributed by atoms with Gasteiger partial charge in [0.05, 0.1) is 6.61 Å². The van der Waals surface area contributed by atoms with E-state index in [2.05, 4.69) is 13.5 Å². The van der Waals surface area contributed by atoms with Gasteiger partial charge in [-0.1, -0.05) is 84.1 Å². The summed E-state index contributed by atoms with van der Waals surface area (Å²) in [7, 11) is 0. The second kappa shape index (κ2) is 15.7. The maximum atomic E-state index is 9.09. The van der Waals surface area contributed by atoms with Crippen molar-refractivity contribution in [2.24, 2.45) is 0 Å². The SMILES string of the molecule is C=CC(O)OCCCCCCCCCCCCCC. The molecule has 1 atom stereocenters. The first-order valence-electron chi connectivity index (χ1n) is 8.23. The molecule has 0 rings (SSSR count). The minimum absolute atomic E-state index is 0.643. The highest BCUT2D eigenvalue weighted by molar-refractivity contribution is 4.69. The zero-order valence-corrected chi connectivity index (χ0v) is 12.9. The van der Waals surface area contributed by atoms with Crippen molar-refractivity contribution >= 4 is 0 Å². The first-order valence-corrected chi connectivity index (χ1v) is 8.23. The largest absolute Gasteiger partial charge is 0.365 e. The molecule has 1 N–H and O–H groups in total. The Labute approximate surface area is 120 Å². The van der Waals surface area contributed by atoms with Gasteiger partial charge in [0.25, 0.3) is 0 Å². The molecule has 0 radical (unpaired) electrons. The highest BCUT2D eigenvalue weighted by atomic mass is 16.6. The van der Waals surface area contributed by atoms with Crippen LogP contribution in [0.4, 0.5) is 0 Å². The Morgan fingerprint density at radius 3 is 1.68 bits per heavy atom. The van der Waals surface area contributed by atoms with Gasteiger partial charge in [-0.2, -0.15) is 0 Å². The Bertz CT molecular complexity index is 180. The van der Waals surface area contributed by atoms with Crippen molar-refractivity contribution in [1.29, 1.82) is 0 Å². The summed E-state index contributed by atoms with van der Waals surface area (Å²) in [6, 6.07) is 0. The fraction of sp³-hybridized carbons (Fsp3) is 0.882. The minimum atomic E-state index is -0.785. The Morgan fingerprint density at radius 2 is 1.26 bits per heavy atom. The van der Waals surface area contributed by atoms with Crippen molar-refractivity contribution in [3.63, 3.8) is 0 Å². The Kier molecular flexibility index (Phi) is 15.4. The number of aliphatic hydroxyl groups is 1. The van der Waals surface area contributed by atoms with Crippen molar-refractivity contribution < 1.29 is 9.84 Å². The van der Waals surface area contributed by atoms with Crippen LogP contribution in [-0.4, -0.2) is 18.0 Å². The van der Waals surface area contributed by atoms with E-state index in [-0.39, 0.29) is 0 Å². The molecule has 0 fully saturated rings. The predicted octanol–water partition coefficient (Wildman–Crippen LogP) is 5.21. The van der Waals surface area contributed by atoms with Gasteiger partial charge in [-0.05, 0) is 12.5 Å². The molecule has 0 aromatic heterocycles. The van der Waals surface area contributed by atoms with Crippen molar-refractivity contribution in [3.8, 4) is 0 Å². The minimum Gasteiger partial charge on any atom is -0.365 e. The van der Waals surface area contributed by atoms with Crippen molar-refractivity contribution in [1.82, 2.24) is 0 Å². The smallest absolute Gasteiger partial charge is 0.173 e. The summed E-state index contributed by atoms with van der Waals surface area (Å²) >= 11 is 0. The van der Waals surface area contributed by atoms with E-state index in [1.165, 1.54) is 76.7 Å². The zero-order chi connectivity index (χ0) is 14.2. The highest BCUT2D eigenvalue weighted by Crippen LogP contribution is 2.11. The summed E-state index contributed by atoms with van der Waals surface area (Å²) in [6.07, 6.45) is 16.7. The van der Waals surface area contributed by atoms with Gasteiger partial charge in [0.15, 0.2) is 6.29 Å². The molecule has 1 unspecified atom stereocenters. The summed E-state index contributed by atoms with van der Waals surface area (Å²) in [6.45, 7) is 6.38. The molecule has 0 bridgehead atoms. The normalized spacial score (nSPS) is 12.5. The monoisotopic (exact) mass is 270 g/mol. The molecular formula is C17H34O2. The van der Waals surface area contributed by atoms with Crippen LogP contribution in [0.2, 0.25) is 0 Å². The zero-order valence-electron chi connectivity index (χ0n) is 12.9. The van der Waals surface area contributed by atoms with Crippen LogP contribution in [0.5, 0.6) is 0 Å². The quantitative estimate of drug-likeness (QED) is 0.251. The third kappa shape index (κ3) is 15.6. The fourth-order valence-electron chi connectivity index (χ4n) is 2.22. The topological polar surface area (TPSA) is 29.5 Å². The fourth-order valence-corrected chi connectivity index (χ4v) is 2.22. The van der Waals surface area contributed by atoms with Gasteiger partial charge in [0.1, 0.15) is 0 Å². The number of aliphatic hydroxyl groups excluding tert-OH is 1. The van der Waals surface area contributed by atoms with E-state index < -0.39 is 6.29 Å². The second-order valence-electron chi connectivity index (χ2n) is 5.39. The maximum Gasteiger partial charge on any atom is 0.173 e. The molecule has 2 nitrogen and oxygen atoms in total. The molecule has 0 aliphatic rings. The lowest BCUT2D eigenvalue weighted by Crippen LogP contribution is -2.08. The molecule has 0 spiro atoms. The molecule has 0 amide bonds. The first kappa shape index (κ1) is 18.7. The van der Waals surface area contributed by atoms with E-state index in [4.69, 9.17) is 9.84 Å². The molecule has 19 heavy (non-hydrogen) atoms. The molecule has 0 aliphatic heterocycles. The summed E-state index contributed by atoms with van der Waals surface area (Å²) < 4.78 is 5.12. The van der Waals surface area contributed by atoms with E-state index in [0.29, 0.717) is 6.61 Å². The summed E-state index contributed by atoms with van der Waals surface area (Å²) in [4.78, 5) is 0. The molecular weight excluding hydrogens is 236 g/mol. The third-order valence-electron chi connectivity index (χ3n) is 3.49. The average Bonchev–Trinajstić information content (AvgIpc) is 2.43. The van der Waals surface area contributed by atoms with Gasteiger partial charge in [0, 0.05) is 0 Å². The van der Waals surface area contributed by atoms with Crippen LogP contribution in [0.25, 0.3) is 0 Å². The number of hydrogen-bond acceptors (Lipinski definition) is 2. The van der Waals surface area contributed by atoms with E-state index in [1.807, 2.05) is 0 Å². The number of rotatable bonds is 15. The van der Waals surface area contributed by atoms with Gasteiger partial charge in [0.2, 0.25) is 0 Å². The number of ether oxygens (including phenoxy) is 1. The van der Waals surface area contributed by atoms with E-state index >= 15 is 0 Å². The van der Waals surface area contributed by atoms with Crippen LogP contribution in [0.3, 0.4) is 0 Å². The Balaban J connectivity index is 2.97. The van der Waals surface area contributed by atoms with Gasteiger partial charge in [-0.25, -0.2) is 0 Å². The summed E-state index contributed by atoms with van der Waals surface area (Å²) in [5.41, 5.74) is 0. The summed E-state index contributed by atoms with van der Waals surface area (Å²) in [5.74, 6) is 0. The van der Waals surface area contributed by atoms with Crippen LogP contribution in [0.1, 0.15) is 84.0 Å². The van der Waals surface area contributed by atoms with Gasteiger partial charge in [-0.3, -0.25) is 0 Å². The Hall–Kier alpha value is -0.340. The molecule has 0 aromatic rings. The maximum absolute atomic E-state index is 9.09. The molecule has 0 heterocycles. The predicted molar refractivity (Wildman–Crippen MR) is 83.2 cm³/mol. The van der Waals surface area contributed by atoms with Gasteiger partial charge < -0.3 is 9.84 Å². The lowest BCUT2D eigenvalue weighted by Gasteiger charge is -2.07. The number of hydrogen-bond donors (Lipinski definition) is 1. The van der Waals surface area contributed by atoms with E-state index in [0.717, 1.165) is 6.42 Å². The molecule has 0 saturated heterocycles. The van der Waals surface area contributed by atoms with Crippen molar-refractivity contribution in [2.45, 2.75) is 90.3 Å². The molecule has 0 aliphatic carbocycles. The van der Waals surface area contributed by atoms with Crippen molar-refractivity contribution in [2.75, 3.05) is 6.61 Å². The molecule has 0 saturated carbocycles. The highest BCUT2D eigenvalue weighted by Gasteiger charge is 1.97. The Morgan fingerprint density at radius 1 is 0.842 bits per heavy atom. The molecule has 2 heteroatoms. The van der Waals surface area contributed by atoms with Crippen LogP contribution in [-0.2, 0) is 4.74 Å². The first-order chi connectivity index (χ1) is 9.31. The van der Waals surface area contributed by atoms with E-state index in [1.54, 1.807) is 0 Å². The lowest BCUT2D eigenvalue weighted by atomic mass is 10.1. The van der Waals surface area contributed by atoms with Gasteiger partial charge in [-0.15, -0.1) is 0 Å². The van der Waals surface area contributed by atoms with Crippen LogP contribution in [0.15, 0.2) is 12.7 Å². The second-order valence-corrected chi connectivity index (χ2v) is 5.39.